The van der Waals surface area contributed by atoms with E-state index in [1.165, 1.54) is 11.1 Å². The predicted molar refractivity (Wildman–Crippen MR) is 79.5 cm³/mol. The molecule has 1 aromatic heterocycles. The van der Waals surface area contributed by atoms with Crippen LogP contribution in [0.4, 0.5) is 0 Å². The van der Waals surface area contributed by atoms with Crippen LogP contribution >= 0.6 is 0 Å². The summed E-state index contributed by atoms with van der Waals surface area (Å²) in [5, 5.41) is 6.19. The van der Waals surface area contributed by atoms with E-state index in [2.05, 4.69) is 34.7 Å². The van der Waals surface area contributed by atoms with Gasteiger partial charge in [-0.05, 0) is 30.2 Å². The van der Waals surface area contributed by atoms with E-state index in [4.69, 9.17) is 0 Å². The highest BCUT2D eigenvalue weighted by Crippen LogP contribution is 2.05. The SMILES string of the molecule is Cc1ccccc1CNCCNC(=O)c1ccncc1. The van der Waals surface area contributed by atoms with E-state index in [0.717, 1.165) is 13.1 Å². The van der Waals surface area contributed by atoms with Gasteiger partial charge in [-0.1, -0.05) is 24.3 Å². The van der Waals surface area contributed by atoms with Crippen molar-refractivity contribution >= 4 is 5.91 Å². The van der Waals surface area contributed by atoms with Gasteiger partial charge < -0.3 is 10.6 Å². The maximum absolute atomic E-state index is 11.8. The van der Waals surface area contributed by atoms with Gasteiger partial charge in [0.15, 0.2) is 0 Å². The zero-order chi connectivity index (χ0) is 14.2. The normalized spacial score (nSPS) is 10.2. The van der Waals surface area contributed by atoms with Crippen LogP contribution in [0.3, 0.4) is 0 Å². The van der Waals surface area contributed by atoms with Gasteiger partial charge in [0.05, 0.1) is 0 Å². The van der Waals surface area contributed by atoms with Crippen molar-refractivity contribution in [3.05, 3.63) is 65.5 Å². The molecule has 104 valence electrons. The molecule has 0 saturated carbocycles. The molecule has 2 N–H and O–H groups in total. The monoisotopic (exact) mass is 269 g/mol. The number of amides is 1. The molecule has 0 bridgehead atoms. The number of benzene rings is 1. The van der Waals surface area contributed by atoms with Gasteiger partial charge in [-0.15, -0.1) is 0 Å². The smallest absolute Gasteiger partial charge is 0.251 e. The fraction of sp³-hybridized carbons (Fsp3) is 0.250. The summed E-state index contributed by atoms with van der Waals surface area (Å²) in [5.74, 6) is -0.0647. The third-order valence-electron chi connectivity index (χ3n) is 3.11. The van der Waals surface area contributed by atoms with Crippen LogP contribution in [0.2, 0.25) is 0 Å². The number of pyridine rings is 1. The molecule has 2 aromatic rings. The molecule has 0 unspecified atom stereocenters. The standard InChI is InChI=1S/C16H19N3O/c1-13-4-2-3-5-15(13)12-18-10-11-19-16(20)14-6-8-17-9-7-14/h2-9,18H,10-12H2,1H3,(H,19,20). The summed E-state index contributed by atoms with van der Waals surface area (Å²) in [6, 6.07) is 11.7. The molecule has 0 radical (unpaired) electrons. The number of rotatable bonds is 6. The van der Waals surface area contributed by atoms with Crippen molar-refractivity contribution in [2.24, 2.45) is 0 Å². The molecule has 1 amide bonds. The van der Waals surface area contributed by atoms with Crippen molar-refractivity contribution in [3.8, 4) is 0 Å². The number of aryl methyl sites for hydroxylation is 1. The molecule has 20 heavy (non-hydrogen) atoms. The Labute approximate surface area is 119 Å². The van der Waals surface area contributed by atoms with Gasteiger partial charge in [-0.2, -0.15) is 0 Å². The molecule has 1 heterocycles. The van der Waals surface area contributed by atoms with Crippen LogP contribution in [0.5, 0.6) is 0 Å². The highest BCUT2D eigenvalue weighted by Gasteiger charge is 2.03. The van der Waals surface area contributed by atoms with E-state index in [9.17, 15) is 4.79 Å². The van der Waals surface area contributed by atoms with Crippen molar-refractivity contribution in [1.82, 2.24) is 15.6 Å². The molecular formula is C16H19N3O. The van der Waals surface area contributed by atoms with Crippen LogP contribution in [0.1, 0.15) is 21.5 Å². The lowest BCUT2D eigenvalue weighted by molar-refractivity contribution is 0.0954. The first-order valence-corrected chi connectivity index (χ1v) is 6.71. The van der Waals surface area contributed by atoms with Crippen LogP contribution in [-0.2, 0) is 6.54 Å². The number of nitrogens with zero attached hydrogens (tertiary/aromatic N) is 1. The topological polar surface area (TPSA) is 54.0 Å². The summed E-state index contributed by atoms with van der Waals surface area (Å²) >= 11 is 0. The molecule has 0 saturated heterocycles. The van der Waals surface area contributed by atoms with E-state index < -0.39 is 0 Å². The Bertz CT molecular complexity index is 555. The van der Waals surface area contributed by atoms with Crippen molar-refractivity contribution in [1.29, 1.82) is 0 Å². The Morgan fingerprint density at radius 2 is 1.85 bits per heavy atom. The first-order chi connectivity index (χ1) is 9.77. The lowest BCUT2D eigenvalue weighted by Gasteiger charge is -2.08. The fourth-order valence-corrected chi connectivity index (χ4v) is 1.90. The average Bonchev–Trinajstić information content (AvgIpc) is 2.49. The Balaban J connectivity index is 1.67. The van der Waals surface area contributed by atoms with Crippen molar-refractivity contribution < 1.29 is 4.79 Å². The first kappa shape index (κ1) is 14.2. The number of aromatic nitrogens is 1. The second-order valence-corrected chi connectivity index (χ2v) is 4.60. The lowest BCUT2D eigenvalue weighted by atomic mass is 10.1. The largest absolute Gasteiger partial charge is 0.351 e. The quantitative estimate of drug-likeness (QED) is 0.788. The maximum atomic E-state index is 11.8. The Morgan fingerprint density at radius 3 is 2.60 bits per heavy atom. The predicted octanol–water partition coefficient (Wildman–Crippen LogP) is 1.91. The second-order valence-electron chi connectivity index (χ2n) is 4.60. The summed E-state index contributed by atoms with van der Waals surface area (Å²) in [6.07, 6.45) is 3.23. The molecule has 0 aliphatic carbocycles. The minimum atomic E-state index is -0.0647. The molecule has 4 nitrogen and oxygen atoms in total. The number of hydrogen-bond donors (Lipinski definition) is 2. The van der Waals surface area contributed by atoms with Crippen LogP contribution in [0, 0.1) is 6.92 Å². The molecule has 0 fully saturated rings. The number of carbonyl (C=O) groups excluding carboxylic acids is 1. The molecule has 0 spiro atoms. The van der Waals surface area contributed by atoms with E-state index in [1.54, 1.807) is 24.5 Å². The minimum Gasteiger partial charge on any atom is -0.351 e. The summed E-state index contributed by atoms with van der Waals surface area (Å²) < 4.78 is 0. The minimum absolute atomic E-state index is 0.0647. The van der Waals surface area contributed by atoms with Gasteiger partial charge in [0.25, 0.3) is 5.91 Å². The summed E-state index contributed by atoms with van der Waals surface area (Å²) in [6.45, 7) is 4.26. The van der Waals surface area contributed by atoms with Crippen molar-refractivity contribution in [3.63, 3.8) is 0 Å². The van der Waals surface area contributed by atoms with Crippen LogP contribution in [-0.4, -0.2) is 24.0 Å². The molecule has 0 aliphatic heterocycles. The van der Waals surface area contributed by atoms with Gasteiger partial charge in [-0.25, -0.2) is 0 Å². The maximum Gasteiger partial charge on any atom is 0.251 e. The summed E-state index contributed by atoms with van der Waals surface area (Å²) in [4.78, 5) is 15.7. The van der Waals surface area contributed by atoms with E-state index in [-0.39, 0.29) is 5.91 Å². The molecule has 4 heteroatoms. The Kier molecular flexibility index (Phi) is 5.26. The van der Waals surface area contributed by atoms with E-state index >= 15 is 0 Å². The number of carbonyl (C=O) groups is 1. The van der Waals surface area contributed by atoms with Gasteiger partial charge in [0.1, 0.15) is 0 Å². The van der Waals surface area contributed by atoms with Crippen LogP contribution < -0.4 is 10.6 Å². The summed E-state index contributed by atoms with van der Waals surface area (Å²) in [7, 11) is 0. The van der Waals surface area contributed by atoms with E-state index in [0.29, 0.717) is 12.1 Å². The molecule has 0 aliphatic rings. The molecule has 2 rings (SSSR count). The van der Waals surface area contributed by atoms with Crippen LogP contribution in [0.25, 0.3) is 0 Å². The fourth-order valence-electron chi connectivity index (χ4n) is 1.90. The van der Waals surface area contributed by atoms with Gasteiger partial charge in [-0.3, -0.25) is 9.78 Å². The first-order valence-electron chi connectivity index (χ1n) is 6.71. The lowest BCUT2D eigenvalue weighted by Crippen LogP contribution is -2.31. The number of nitrogens with one attached hydrogen (secondary N) is 2. The molecular weight excluding hydrogens is 250 g/mol. The third-order valence-corrected chi connectivity index (χ3v) is 3.11. The Hall–Kier alpha value is -2.20. The Morgan fingerprint density at radius 1 is 1.10 bits per heavy atom. The van der Waals surface area contributed by atoms with Gasteiger partial charge >= 0.3 is 0 Å². The highest BCUT2D eigenvalue weighted by molar-refractivity contribution is 5.93. The second kappa shape index (κ2) is 7.40. The highest BCUT2D eigenvalue weighted by atomic mass is 16.1. The molecule has 0 atom stereocenters. The zero-order valence-corrected chi connectivity index (χ0v) is 11.6. The van der Waals surface area contributed by atoms with Crippen LogP contribution in [0.15, 0.2) is 48.8 Å². The van der Waals surface area contributed by atoms with Crippen molar-refractivity contribution in [2.45, 2.75) is 13.5 Å². The van der Waals surface area contributed by atoms with Gasteiger partial charge in [0, 0.05) is 37.6 Å². The van der Waals surface area contributed by atoms with Gasteiger partial charge in [0.2, 0.25) is 0 Å². The molecule has 1 aromatic carbocycles. The summed E-state index contributed by atoms with van der Waals surface area (Å²) in [5.41, 5.74) is 3.20. The van der Waals surface area contributed by atoms with Crippen molar-refractivity contribution in [2.75, 3.05) is 13.1 Å². The zero-order valence-electron chi connectivity index (χ0n) is 11.6. The third kappa shape index (κ3) is 4.17. The average molecular weight is 269 g/mol. The van der Waals surface area contributed by atoms with E-state index in [1.807, 2.05) is 12.1 Å². The number of hydrogen-bond acceptors (Lipinski definition) is 3.